The fourth-order valence-corrected chi connectivity index (χ4v) is 2.86. The molecule has 0 amide bonds. The van der Waals surface area contributed by atoms with E-state index in [-0.39, 0.29) is 5.02 Å². The monoisotopic (exact) mass is 284 g/mol. The van der Waals surface area contributed by atoms with Gasteiger partial charge in [0.2, 0.25) is 0 Å². The van der Waals surface area contributed by atoms with E-state index < -0.39 is 5.82 Å². The summed E-state index contributed by atoms with van der Waals surface area (Å²) in [7, 11) is 0. The van der Waals surface area contributed by atoms with Gasteiger partial charge in [-0.05, 0) is 24.1 Å². The maximum absolute atomic E-state index is 13.2. The van der Waals surface area contributed by atoms with E-state index in [4.69, 9.17) is 17.3 Å². The van der Waals surface area contributed by atoms with Gasteiger partial charge in [-0.3, -0.25) is 0 Å². The topological polar surface area (TPSA) is 38.9 Å². The van der Waals surface area contributed by atoms with E-state index in [1.807, 2.05) is 0 Å². The Morgan fingerprint density at radius 3 is 2.72 bits per heavy atom. The molecule has 96 valence electrons. The lowest BCUT2D eigenvalue weighted by atomic mass is 10.1. The van der Waals surface area contributed by atoms with Crippen LogP contribution in [0.25, 0.3) is 11.3 Å². The van der Waals surface area contributed by atoms with Gasteiger partial charge in [0.1, 0.15) is 10.8 Å². The molecule has 2 aromatic rings. The summed E-state index contributed by atoms with van der Waals surface area (Å²) in [5.41, 5.74) is 7.32. The van der Waals surface area contributed by atoms with Gasteiger partial charge in [-0.2, -0.15) is 0 Å². The summed E-state index contributed by atoms with van der Waals surface area (Å²) >= 11 is 7.41. The molecule has 0 aliphatic heterocycles. The van der Waals surface area contributed by atoms with Gasteiger partial charge in [-0.1, -0.05) is 25.4 Å². The fraction of sp³-hybridized carbons (Fsp3) is 0.308. The molecule has 0 aliphatic carbocycles. The highest BCUT2D eigenvalue weighted by Gasteiger charge is 2.16. The molecular weight excluding hydrogens is 271 g/mol. The predicted molar refractivity (Wildman–Crippen MR) is 74.5 cm³/mol. The lowest BCUT2D eigenvalue weighted by molar-refractivity contribution is 0.628. The standard InChI is InChI=1S/C13H14ClFN2S/c1-7(2)13-12(17-11(6-16)18-13)8-3-4-10(15)9(14)5-8/h3-5,7H,6,16H2,1-2H3. The van der Waals surface area contributed by atoms with Crippen LogP contribution in [-0.4, -0.2) is 4.98 Å². The Kier molecular flexibility index (Phi) is 4.00. The first-order valence-corrected chi connectivity index (χ1v) is 6.87. The Hall–Kier alpha value is -0.970. The van der Waals surface area contributed by atoms with Gasteiger partial charge in [0.05, 0.1) is 10.7 Å². The molecule has 0 aliphatic rings. The first-order valence-electron chi connectivity index (χ1n) is 5.68. The molecule has 2 rings (SSSR count). The minimum atomic E-state index is -0.416. The van der Waals surface area contributed by atoms with E-state index in [0.717, 1.165) is 21.1 Å². The summed E-state index contributed by atoms with van der Waals surface area (Å²) < 4.78 is 13.2. The van der Waals surface area contributed by atoms with Crippen LogP contribution in [0.2, 0.25) is 5.02 Å². The van der Waals surface area contributed by atoms with E-state index in [0.29, 0.717) is 12.5 Å². The van der Waals surface area contributed by atoms with E-state index in [9.17, 15) is 4.39 Å². The van der Waals surface area contributed by atoms with Gasteiger partial charge >= 0.3 is 0 Å². The van der Waals surface area contributed by atoms with E-state index in [2.05, 4.69) is 18.8 Å². The molecule has 1 aromatic heterocycles. The van der Waals surface area contributed by atoms with Crippen molar-refractivity contribution in [1.29, 1.82) is 0 Å². The van der Waals surface area contributed by atoms with Gasteiger partial charge in [-0.15, -0.1) is 11.3 Å². The third kappa shape index (κ3) is 2.55. The summed E-state index contributed by atoms with van der Waals surface area (Å²) in [6.07, 6.45) is 0. The number of thiazole rings is 1. The molecule has 5 heteroatoms. The van der Waals surface area contributed by atoms with Crippen LogP contribution in [0.15, 0.2) is 18.2 Å². The van der Waals surface area contributed by atoms with Crippen molar-refractivity contribution in [3.8, 4) is 11.3 Å². The average Bonchev–Trinajstić information content (AvgIpc) is 2.77. The lowest BCUT2D eigenvalue weighted by Gasteiger charge is -2.06. The van der Waals surface area contributed by atoms with Crippen molar-refractivity contribution in [3.05, 3.63) is 38.9 Å². The molecule has 0 bridgehead atoms. The number of halogens is 2. The Morgan fingerprint density at radius 2 is 2.17 bits per heavy atom. The minimum absolute atomic E-state index is 0.115. The molecule has 2 nitrogen and oxygen atoms in total. The van der Waals surface area contributed by atoms with Gasteiger partial charge in [0.25, 0.3) is 0 Å². The summed E-state index contributed by atoms with van der Waals surface area (Å²) in [5, 5.41) is 0.999. The molecule has 0 spiro atoms. The smallest absolute Gasteiger partial charge is 0.141 e. The highest BCUT2D eigenvalue weighted by Crippen LogP contribution is 2.35. The zero-order valence-corrected chi connectivity index (χ0v) is 11.8. The largest absolute Gasteiger partial charge is 0.325 e. The maximum Gasteiger partial charge on any atom is 0.141 e. The van der Waals surface area contributed by atoms with E-state index >= 15 is 0 Å². The quantitative estimate of drug-likeness (QED) is 0.918. The highest BCUT2D eigenvalue weighted by molar-refractivity contribution is 7.12. The number of hydrogen-bond donors (Lipinski definition) is 1. The van der Waals surface area contributed by atoms with Crippen molar-refractivity contribution in [2.45, 2.75) is 26.3 Å². The Bertz CT molecular complexity index is 566. The zero-order valence-electron chi connectivity index (χ0n) is 10.2. The van der Waals surface area contributed by atoms with Gasteiger partial charge in [0.15, 0.2) is 0 Å². The minimum Gasteiger partial charge on any atom is -0.325 e. The maximum atomic E-state index is 13.2. The summed E-state index contributed by atoms with van der Waals surface area (Å²) in [5.74, 6) is -0.0672. The van der Waals surface area contributed by atoms with E-state index in [1.54, 1.807) is 23.5 Å². The SMILES string of the molecule is CC(C)c1sc(CN)nc1-c1ccc(F)c(Cl)c1. The molecule has 0 atom stereocenters. The van der Waals surface area contributed by atoms with Gasteiger partial charge < -0.3 is 5.73 Å². The number of rotatable bonds is 3. The average molecular weight is 285 g/mol. The fourth-order valence-electron chi connectivity index (χ4n) is 1.71. The Morgan fingerprint density at radius 1 is 1.44 bits per heavy atom. The highest BCUT2D eigenvalue weighted by atomic mass is 35.5. The Labute approximate surface area is 115 Å². The van der Waals surface area contributed by atoms with Crippen LogP contribution in [-0.2, 0) is 6.54 Å². The van der Waals surface area contributed by atoms with Crippen molar-refractivity contribution in [2.75, 3.05) is 0 Å². The second-order valence-electron chi connectivity index (χ2n) is 4.31. The molecule has 0 saturated carbocycles. The second-order valence-corrected chi connectivity index (χ2v) is 5.83. The van der Waals surface area contributed by atoms with Crippen molar-refractivity contribution >= 4 is 22.9 Å². The van der Waals surface area contributed by atoms with Crippen molar-refractivity contribution in [1.82, 2.24) is 4.98 Å². The molecule has 0 fully saturated rings. The van der Waals surface area contributed by atoms with Gasteiger partial charge in [-0.25, -0.2) is 9.37 Å². The third-order valence-corrected chi connectivity index (χ3v) is 4.26. The van der Waals surface area contributed by atoms with Crippen LogP contribution in [0.1, 0.15) is 29.7 Å². The number of nitrogens with zero attached hydrogens (tertiary/aromatic N) is 1. The first kappa shape index (κ1) is 13.5. The van der Waals surface area contributed by atoms with Crippen molar-refractivity contribution in [2.24, 2.45) is 5.73 Å². The van der Waals surface area contributed by atoms with Crippen LogP contribution in [0, 0.1) is 5.82 Å². The molecule has 1 aromatic carbocycles. The molecule has 1 heterocycles. The molecule has 2 N–H and O–H groups in total. The van der Waals surface area contributed by atoms with E-state index in [1.165, 1.54) is 6.07 Å². The molecule has 0 saturated heterocycles. The van der Waals surface area contributed by atoms with Crippen LogP contribution in [0.5, 0.6) is 0 Å². The summed E-state index contributed by atoms with van der Waals surface area (Å²) in [4.78, 5) is 5.65. The number of nitrogens with two attached hydrogens (primary N) is 1. The normalized spacial score (nSPS) is 11.2. The second kappa shape index (κ2) is 5.34. The summed E-state index contributed by atoms with van der Waals surface area (Å²) in [6, 6.07) is 4.67. The molecule has 0 unspecified atom stereocenters. The zero-order chi connectivity index (χ0) is 13.3. The predicted octanol–water partition coefficient (Wildman–Crippen LogP) is 4.18. The number of hydrogen-bond acceptors (Lipinski definition) is 3. The van der Waals surface area contributed by atoms with Gasteiger partial charge in [0, 0.05) is 17.0 Å². The van der Waals surface area contributed by atoms with Crippen molar-refractivity contribution in [3.63, 3.8) is 0 Å². The molecule has 0 radical (unpaired) electrons. The summed E-state index contributed by atoms with van der Waals surface area (Å²) in [6.45, 7) is 4.62. The molecular formula is C13H14ClFN2S. The van der Waals surface area contributed by atoms with Crippen LogP contribution in [0.4, 0.5) is 4.39 Å². The number of benzene rings is 1. The van der Waals surface area contributed by atoms with Crippen molar-refractivity contribution < 1.29 is 4.39 Å². The number of aromatic nitrogens is 1. The third-order valence-electron chi connectivity index (χ3n) is 2.59. The first-order chi connectivity index (χ1) is 8.52. The molecule has 18 heavy (non-hydrogen) atoms. The Balaban J connectivity index is 2.54. The lowest BCUT2D eigenvalue weighted by Crippen LogP contribution is -1.94. The van der Waals surface area contributed by atoms with Crippen LogP contribution >= 0.6 is 22.9 Å². The van der Waals surface area contributed by atoms with Crippen LogP contribution < -0.4 is 5.73 Å². The van der Waals surface area contributed by atoms with Crippen LogP contribution in [0.3, 0.4) is 0 Å².